The summed E-state index contributed by atoms with van der Waals surface area (Å²) in [5.74, 6) is 0. The Balaban J connectivity index is 1.53. The zero-order chi connectivity index (χ0) is 13.1. The van der Waals surface area contributed by atoms with Crippen LogP contribution in [0.5, 0.6) is 0 Å². The third-order valence-corrected chi connectivity index (χ3v) is 4.52. The van der Waals surface area contributed by atoms with Gasteiger partial charge in [-0.1, -0.05) is 0 Å². The average Bonchev–Trinajstić information content (AvgIpc) is 2.86. The van der Waals surface area contributed by atoms with E-state index in [0.717, 1.165) is 38.9 Å². The topological polar surface area (TPSA) is 51.4 Å². The maximum Gasteiger partial charge on any atom is 0.0712 e. The number of likely N-dealkylation sites (tertiary alicyclic amines) is 1. The van der Waals surface area contributed by atoms with E-state index in [9.17, 15) is 0 Å². The lowest BCUT2D eigenvalue weighted by Gasteiger charge is -2.39. The highest BCUT2D eigenvalue weighted by Gasteiger charge is 2.41. The molecule has 1 aromatic heterocycles. The number of hydrogen-bond acceptors (Lipinski definition) is 4. The monoisotopic (exact) mass is 261 g/mol. The normalized spacial score (nSPS) is 26.9. The van der Waals surface area contributed by atoms with Crippen LogP contribution in [0, 0.1) is 0 Å². The van der Waals surface area contributed by atoms with Crippen LogP contribution >= 0.6 is 0 Å². The SMILES string of the molecule is NC[C@H]1CCC2(CCN(Cc3ccncc3)CC2)O1. The van der Waals surface area contributed by atoms with Crippen molar-refractivity contribution >= 4 is 0 Å². The molecule has 19 heavy (non-hydrogen) atoms. The van der Waals surface area contributed by atoms with Crippen molar-refractivity contribution < 1.29 is 4.74 Å². The van der Waals surface area contributed by atoms with Gasteiger partial charge in [0.1, 0.15) is 0 Å². The number of rotatable bonds is 3. The van der Waals surface area contributed by atoms with Gasteiger partial charge in [-0.25, -0.2) is 0 Å². The van der Waals surface area contributed by atoms with Crippen molar-refractivity contribution in [3.63, 3.8) is 0 Å². The van der Waals surface area contributed by atoms with Gasteiger partial charge < -0.3 is 10.5 Å². The fourth-order valence-electron chi connectivity index (χ4n) is 3.29. The van der Waals surface area contributed by atoms with Gasteiger partial charge in [0.2, 0.25) is 0 Å². The molecule has 4 heteroatoms. The Morgan fingerprint density at radius 1 is 1.26 bits per heavy atom. The first-order valence-electron chi connectivity index (χ1n) is 7.29. The van der Waals surface area contributed by atoms with Crippen molar-refractivity contribution in [2.75, 3.05) is 19.6 Å². The minimum atomic E-state index is 0.138. The molecule has 2 fully saturated rings. The van der Waals surface area contributed by atoms with Gasteiger partial charge in [0.15, 0.2) is 0 Å². The largest absolute Gasteiger partial charge is 0.370 e. The Kier molecular flexibility index (Phi) is 3.82. The molecule has 0 bridgehead atoms. The highest BCUT2D eigenvalue weighted by Crippen LogP contribution is 2.38. The summed E-state index contributed by atoms with van der Waals surface area (Å²) in [6.45, 7) is 3.95. The molecule has 1 spiro atoms. The lowest BCUT2D eigenvalue weighted by atomic mass is 9.88. The lowest BCUT2D eigenvalue weighted by Crippen LogP contribution is -2.44. The van der Waals surface area contributed by atoms with Gasteiger partial charge in [-0.15, -0.1) is 0 Å². The van der Waals surface area contributed by atoms with Crippen LogP contribution in [0.15, 0.2) is 24.5 Å². The standard InChI is InChI=1S/C15H23N3O/c16-11-14-1-4-15(19-14)5-9-18(10-6-15)12-13-2-7-17-8-3-13/h2-3,7-8,14H,1,4-6,9-12,16H2/t14-/m1/s1. The molecule has 1 aromatic rings. The van der Waals surface area contributed by atoms with Gasteiger partial charge in [0.25, 0.3) is 0 Å². The minimum absolute atomic E-state index is 0.138. The molecule has 0 unspecified atom stereocenters. The van der Waals surface area contributed by atoms with E-state index in [-0.39, 0.29) is 5.60 Å². The van der Waals surface area contributed by atoms with Crippen molar-refractivity contribution in [1.29, 1.82) is 0 Å². The molecule has 3 rings (SSSR count). The number of piperidine rings is 1. The average molecular weight is 261 g/mol. The number of aromatic nitrogens is 1. The molecule has 2 aliphatic heterocycles. The smallest absolute Gasteiger partial charge is 0.0712 e. The summed E-state index contributed by atoms with van der Waals surface area (Å²) in [5.41, 5.74) is 7.20. The molecular weight excluding hydrogens is 238 g/mol. The molecule has 0 amide bonds. The summed E-state index contributed by atoms with van der Waals surface area (Å²) in [4.78, 5) is 6.58. The van der Waals surface area contributed by atoms with Crippen LogP contribution in [0.1, 0.15) is 31.2 Å². The maximum absolute atomic E-state index is 6.18. The summed E-state index contributed by atoms with van der Waals surface area (Å²) >= 11 is 0. The molecule has 104 valence electrons. The zero-order valence-electron chi connectivity index (χ0n) is 11.4. The van der Waals surface area contributed by atoms with Crippen molar-refractivity contribution in [2.24, 2.45) is 5.73 Å². The van der Waals surface area contributed by atoms with E-state index in [1.807, 2.05) is 12.4 Å². The van der Waals surface area contributed by atoms with E-state index in [1.165, 1.54) is 12.0 Å². The Hall–Kier alpha value is -0.970. The van der Waals surface area contributed by atoms with Gasteiger partial charge in [-0.05, 0) is 43.4 Å². The first-order valence-corrected chi connectivity index (χ1v) is 7.29. The van der Waals surface area contributed by atoms with Crippen LogP contribution in [0.3, 0.4) is 0 Å². The third kappa shape index (κ3) is 2.96. The molecular formula is C15H23N3O. The third-order valence-electron chi connectivity index (χ3n) is 4.52. The number of nitrogens with two attached hydrogens (primary N) is 1. The summed E-state index contributed by atoms with van der Waals surface area (Å²) in [7, 11) is 0. The lowest BCUT2D eigenvalue weighted by molar-refractivity contribution is -0.0749. The van der Waals surface area contributed by atoms with Crippen LogP contribution in [-0.4, -0.2) is 41.2 Å². The van der Waals surface area contributed by atoms with E-state index < -0.39 is 0 Å². The van der Waals surface area contributed by atoms with E-state index in [0.29, 0.717) is 12.6 Å². The second kappa shape index (κ2) is 5.57. The zero-order valence-corrected chi connectivity index (χ0v) is 11.4. The molecule has 1 atom stereocenters. The molecule has 0 radical (unpaired) electrons. The number of ether oxygens (including phenoxy) is 1. The molecule has 0 aliphatic carbocycles. The molecule has 2 aliphatic rings. The number of pyridine rings is 1. The fraction of sp³-hybridized carbons (Fsp3) is 0.667. The van der Waals surface area contributed by atoms with Crippen LogP contribution < -0.4 is 5.73 Å². The van der Waals surface area contributed by atoms with Gasteiger partial charge in [-0.2, -0.15) is 0 Å². The number of nitrogens with zero attached hydrogens (tertiary/aromatic N) is 2. The van der Waals surface area contributed by atoms with Gasteiger partial charge in [0.05, 0.1) is 11.7 Å². The van der Waals surface area contributed by atoms with Crippen LogP contribution in [-0.2, 0) is 11.3 Å². The van der Waals surface area contributed by atoms with E-state index >= 15 is 0 Å². The highest BCUT2D eigenvalue weighted by molar-refractivity contribution is 5.09. The number of hydrogen-bond donors (Lipinski definition) is 1. The fourth-order valence-corrected chi connectivity index (χ4v) is 3.29. The minimum Gasteiger partial charge on any atom is -0.370 e. The van der Waals surface area contributed by atoms with Crippen molar-refractivity contribution in [3.05, 3.63) is 30.1 Å². The van der Waals surface area contributed by atoms with Crippen molar-refractivity contribution in [3.8, 4) is 0 Å². The van der Waals surface area contributed by atoms with Gasteiger partial charge >= 0.3 is 0 Å². The Morgan fingerprint density at radius 3 is 2.63 bits per heavy atom. The first-order chi connectivity index (χ1) is 9.30. The van der Waals surface area contributed by atoms with E-state index in [4.69, 9.17) is 10.5 Å². The van der Waals surface area contributed by atoms with Crippen molar-refractivity contribution in [1.82, 2.24) is 9.88 Å². The predicted octanol–water partition coefficient (Wildman–Crippen LogP) is 1.55. The van der Waals surface area contributed by atoms with Gasteiger partial charge in [0, 0.05) is 38.6 Å². The molecule has 0 aromatic carbocycles. The van der Waals surface area contributed by atoms with Crippen LogP contribution in [0.2, 0.25) is 0 Å². The summed E-state index contributed by atoms with van der Waals surface area (Å²) < 4.78 is 6.18. The predicted molar refractivity (Wildman–Crippen MR) is 74.6 cm³/mol. The highest BCUT2D eigenvalue weighted by atomic mass is 16.5. The summed E-state index contributed by atoms with van der Waals surface area (Å²) in [5, 5.41) is 0. The molecule has 0 saturated carbocycles. The van der Waals surface area contributed by atoms with E-state index in [2.05, 4.69) is 22.0 Å². The summed E-state index contributed by atoms with van der Waals surface area (Å²) in [6.07, 6.45) is 8.66. The van der Waals surface area contributed by atoms with Crippen molar-refractivity contribution in [2.45, 2.75) is 43.9 Å². The Labute approximate surface area is 115 Å². The van der Waals surface area contributed by atoms with E-state index in [1.54, 1.807) is 0 Å². The first kappa shape index (κ1) is 13.0. The Bertz CT molecular complexity index is 401. The maximum atomic E-state index is 6.18. The molecule has 4 nitrogen and oxygen atoms in total. The molecule has 3 heterocycles. The second-order valence-corrected chi connectivity index (χ2v) is 5.83. The molecule has 2 N–H and O–H groups in total. The summed E-state index contributed by atoms with van der Waals surface area (Å²) in [6, 6.07) is 4.20. The molecule has 2 saturated heterocycles. The van der Waals surface area contributed by atoms with Crippen LogP contribution in [0.4, 0.5) is 0 Å². The Morgan fingerprint density at radius 2 is 2.00 bits per heavy atom. The van der Waals surface area contributed by atoms with Crippen LogP contribution in [0.25, 0.3) is 0 Å². The van der Waals surface area contributed by atoms with Gasteiger partial charge in [-0.3, -0.25) is 9.88 Å². The quantitative estimate of drug-likeness (QED) is 0.897. The second-order valence-electron chi connectivity index (χ2n) is 5.83.